The molecule has 0 amide bonds. The van der Waals surface area contributed by atoms with E-state index in [9.17, 15) is 0 Å². The minimum absolute atomic E-state index is 0. The molecule has 0 unspecified atom stereocenters. The molecule has 0 bridgehead atoms. The van der Waals surface area contributed by atoms with Crippen LogP contribution in [0.1, 0.15) is 33.4 Å². The van der Waals surface area contributed by atoms with E-state index in [0.29, 0.717) is 0 Å². The summed E-state index contributed by atoms with van der Waals surface area (Å²) in [5.41, 5.74) is 12.9. The third-order valence-corrected chi connectivity index (χ3v) is 6.28. The summed E-state index contributed by atoms with van der Waals surface area (Å²) in [5.74, 6) is 0. The van der Waals surface area contributed by atoms with Gasteiger partial charge in [0.25, 0.3) is 0 Å². The van der Waals surface area contributed by atoms with Crippen LogP contribution in [0.4, 0.5) is 0 Å². The third kappa shape index (κ3) is 10.4. The Morgan fingerprint density at radius 3 is 0.535 bits per heavy atom. The van der Waals surface area contributed by atoms with Gasteiger partial charge in [0.2, 0.25) is 0 Å². The number of aromatic nitrogens is 6. The summed E-state index contributed by atoms with van der Waals surface area (Å²) in [7, 11) is 0. The van der Waals surface area contributed by atoms with Crippen LogP contribution in [0.2, 0.25) is 0 Å². The molecule has 0 radical (unpaired) electrons. The molecule has 43 heavy (non-hydrogen) atoms. The van der Waals surface area contributed by atoms with Gasteiger partial charge in [-0.2, -0.15) is 0 Å². The summed E-state index contributed by atoms with van der Waals surface area (Å²) < 4.78 is 0. The van der Waals surface area contributed by atoms with E-state index in [4.69, 9.17) is 0 Å². The molecule has 6 aromatic heterocycles. The molecule has 0 aliphatic carbocycles. The molecule has 0 saturated heterocycles. The summed E-state index contributed by atoms with van der Waals surface area (Å²) in [6.45, 7) is 12.3. The molecule has 0 aliphatic heterocycles. The first-order valence-electron chi connectivity index (χ1n) is 13.8. The summed E-state index contributed by atoms with van der Waals surface area (Å²) >= 11 is 0. The van der Waals surface area contributed by atoms with Crippen LogP contribution < -0.4 is 0 Å². The molecular formula is C36H36MoN6. The zero-order chi connectivity index (χ0) is 29.9. The van der Waals surface area contributed by atoms with Crippen LogP contribution in [-0.4, -0.2) is 29.9 Å². The molecule has 0 atom stereocenters. The Hall–Kier alpha value is -4.41. The largest absolute Gasteiger partial charge is 0.255 e. The molecule has 7 heteroatoms. The van der Waals surface area contributed by atoms with Crippen molar-refractivity contribution < 1.29 is 21.1 Å². The molecule has 0 N–H and O–H groups in total. The second kappa shape index (κ2) is 16.3. The first-order chi connectivity index (χ1) is 20.3. The van der Waals surface area contributed by atoms with Gasteiger partial charge in [0, 0.05) is 58.2 Å². The Kier molecular flexibility index (Phi) is 12.5. The molecule has 0 aliphatic rings. The maximum absolute atomic E-state index is 4.29. The first-order valence-corrected chi connectivity index (χ1v) is 13.8. The van der Waals surface area contributed by atoms with Gasteiger partial charge in [-0.15, -0.1) is 0 Å². The molecule has 0 fully saturated rings. The van der Waals surface area contributed by atoms with Crippen LogP contribution in [-0.2, 0) is 21.1 Å². The minimum atomic E-state index is 0. The Bertz CT molecular complexity index is 1430. The van der Waals surface area contributed by atoms with Gasteiger partial charge in [0.05, 0.1) is 34.2 Å². The minimum Gasteiger partial charge on any atom is -0.255 e. The normalized spacial score (nSPS) is 9.91. The van der Waals surface area contributed by atoms with E-state index in [1.807, 2.05) is 110 Å². The molecule has 216 valence electrons. The van der Waals surface area contributed by atoms with Gasteiger partial charge in [-0.25, -0.2) is 0 Å². The predicted octanol–water partition coefficient (Wildman–Crippen LogP) is 8.28. The number of aryl methyl sites for hydroxylation is 6. The fourth-order valence-electron chi connectivity index (χ4n) is 4.06. The van der Waals surface area contributed by atoms with Crippen molar-refractivity contribution in [2.45, 2.75) is 41.5 Å². The monoisotopic (exact) mass is 650 g/mol. The van der Waals surface area contributed by atoms with Crippen LogP contribution in [0.25, 0.3) is 34.2 Å². The summed E-state index contributed by atoms with van der Waals surface area (Å²) in [5, 5.41) is 0. The van der Waals surface area contributed by atoms with E-state index in [1.54, 1.807) is 0 Å². The van der Waals surface area contributed by atoms with Crippen molar-refractivity contribution >= 4 is 0 Å². The van der Waals surface area contributed by atoms with E-state index >= 15 is 0 Å². The Labute approximate surface area is 269 Å². The van der Waals surface area contributed by atoms with Crippen molar-refractivity contribution in [1.82, 2.24) is 29.9 Å². The van der Waals surface area contributed by atoms with Crippen molar-refractivity contribution in [1.29, 1.82) is 0 Å². The zero-order valence-electron chi connectivity index (χ0n) is 25.5. The molecular weight excluding hydrogens is 612 g/mol. The van der Waals surface area contributed by atoms with Crippen molar-refractivity contribution in [2.75, 3.05) is 0 Å². The summed E-state index contributed by atoms with van der Waals surface area (Å²) in [4.78, 5) is 25.7. The van der Waals surface area contributed by atoms with E-state index in [-0.39, 0.29) is 21.1 Å². The molecule has 0 aromatic carbocycles. The van der Waals surface area contributed by atoms with Gasteiger partial charge in [-0.05, 0) is 148 Å². The van der Waals surface area contributed by atoms with Gasteiger partial charge in [0.1, 0.15) is 0 Å². The second-order valence-electron chi connectivity index (χ2n) is 10.3. The van der Waals surface area contributed by atoms with Gasteiger partial charge in [-0.3, -0.25) is 29.9 Å². The van der Waals surface area contributed by atoms with Crippen LogP contribution >= 0.6 is 0 Å². The van der Waals surface area contributed by atoms with Crippen molar-refractivity contribution in [3.05, 3.63) is 143 Å². The maximum Gasteiger partial charge on any atom is 0.0888 e. The Morgan fingerprint density at radius 2 is 0.419 bits per heavy atom. The predicted molar refractivity (Wildman–Crippen MR) is 171 cm³/mol. The Balaban J connectivity index is 0.000000175. The first kappa shape index (κ1) is 33.1. The molecule has 6 rings (SSSR count). The summed E-state index contributed by atoms with van der Waals surface area (Å²) in [6.07, 6.45) is 10.9. The SMILES string of the molecule is Cc1ccnc(-c2cc(C)ccn2)c1.Cc1ccnc(-c2cc(C)ccn2)c1.Cc1ccnc(-c2cc(C)ccn2)c1.[Mo]. The van der Waals surface area contributed by atoms with Gasteiger partial charge in [0.15, 0.2) is 0 Å². The Morgan fingerprint density at radius 1 is 0.279 bits per heavy atom. The number of hydrogen-bond donors (Lipinski definition) is 0. The standard InChI is InChI=1S/3C12H12N2.Mo/c3*1-9-3-5-13-11(7-9)12-8-10(2)4-6-14-12;/h3*3-8H,1-2H3;. The summed E-state index contributed by atoms with van der Waals surface area (Å²) in [6, 6.07) is 24.2. The third-order valence-electron chi connectivity index (χ3n) is 6.28. The molecule has 6 heterocycles. The van der Waals surface area contributed by atoms with E-state index in [0.717, 1.165) is 34.2 Å². The molecule has 6 aromatic rings. The number of rotatable bonds is 3. The quantitative estimate of drug-likeness (QED) is 0.180. The smallest absolute Gasteiger partial charge is 0.0888 e. The fraction of sp³-hybridized carbons (Fsp3) is 0.167. The van der Waals surface area contributed by atoms with Gasteiger partial charge >= 0.3 is 0 Å². The fourth-order valence-corrected chi connectivity index (χ4v) is 4.06. The molecule has 0 spiro atoms. The molecule has 6 nitrogen and oxygen atoms in total. The van der Waals surface area contributed by atoms with Crippen LogP contribution in [0.3, 0.4) is 0 Å². The van der Waals surface area contributed by atoms with Crippen LogP contribution in [0, 0.1) is 41.5 Å². The van der Waals surface area contributed by atoms with Crippen molar-refractivity contribution in [3.8, 4) is 34.2 Å². The average molecular weight is 649 g/mol. The number of pyridine rings is 6. The van der Waals surface area contributed by atoms with E-state index < -0.39 is 0 Å². The van der Waals surface area contributed by atoms with E-state index in [1.165, 1.54) is 33.4 Å². The topological polar surface area (TPSA) is 77.3 Å². The second-order valence-corrected chi connectivity index (χ2v) is 10.3. The number of nitrogens with zero attached hydrogens (tertiary/aromatic N) is 6. The van der Waals surface area contributed by atoms with Crippen molar-refractivity contribution in [3.63, 3.8) is 0 Å². The average Bonchev–Trinajstić information content (AvgIpc) is 2.98. The molecule has 0 saturated carbocycles. The number of hydrogen-bond acceptors (Lipinski definition) is 6. The van der Waals surface area contributed by atoms with E-state index in [2.05, 4.69) is 71.4 Å². The van der Waals surface area contributed by atoms with Gasteiger partial charge < -0.3 is 0 Å². The van der Waals surface area contributed by atoms with Crippen LogP contribution in [0.15, 0.2) is 110 Å². The van der Waals surface area contributed by atoms with Crippen molar-refractivity contribution in [2.24, 2.45) is 0 Å². The van der Waals surface area contributed by atoms with Gasteiger partial charge in [-0.1, -0.05) is 0 Å². The van der Waals surface area contributed by atoms with Crippen LogP contribution in [0.5, 0.6) is 0 Å². The maximum atomic E-state index is 4.29. The zero-order valence-corrected chi connectivity index (χ0v) is 27.5.